The van der Waals surface area contributed by atoms with Crippen molar-refractivity contribution in [3.8, 4) is 5.75 Å². The number of anilines is 2. The van der Waals surface area contributed by atoms with Gasteiger partial charge in [-0.3, -0.25) is 4.90 Å². The van der Waals surface area contributed by atoms with Crippen LogP contribution in [0.15, 0.2) is 113 Å². The number of nitrogens with one attached hydrogen (secondary N) is 3. The van der Waals surface area contributed by atoms with E-state index in [0.29, 0.717) is 37.1 Å². The average molecular weight is 549 g/mol. The minimum absolute atomic E-state index is 0.0819. The van der Waals surface area contributed by atoms with Gasteiger partial charge in [0.1, 0.15) is 33.8 Å². The van der Waals surface area contributed by atoms with Gasteiger partial charge in [-0.15, -0.1) is 0 Å². The number of dihydropyridines is 1. The number of allylic oxidation sites excluding steroid dienone is 2. The first kappa shape index (κ1) is 26.3. The molecule has 5 rings (SSSR count). The first-order valence-electron chi connectivity index (χ1n) is 12.4. The van der Waals surface area contributed by atoms with E-state index < -0.39 is 9.84 Å². The first-order valence-corrected chi connectivity index (χ1v) is 14.5. The number of halogens is 1. The number of furan rings is 1. The summed E-state index contributed by atoms with van der Waals surface area (Å²) in [5.41, 5.74) is 4.67. The molecule has 1 aromatic heterocycles. The molecule has 0 atom stereocenters. The topological polar surface area (TPSA) is 95.8 Å². The Morgan fingerprint density at radius 2 is 1.82 bits per heavy atom. The van der Waals surface area contributed by atoms with Crippen molar-refractivity contribution in [2.75, 3.05) is 28.8 Å². The van der Waals surface area contributed by atoms with E-state index in [1.165, 1.54) is 18.4 Å². The Kier molecular flexibility index (Phi) is 7.85. The average Bonchev–Trinajstić information content (AvgIpc) is 3.40. The summed E-state index contributed by atoms with van der Waals surface area (Å²) >= 11 is 0. The van der Waals surface area contributed by atoms with Crippen LogP contribution in [0.5, 0.6) is 5.75 Å². The molecule has 202 valence electrons. The van der Waals surface area contributed by atoms with Gasteiger partial charge in [0.2, 0.25) is 5.88 Å². The number of rotatable bonds is 11. The molecular weight excluding hydrogens is 519 g/mol. The van der Waals surface area contributed by atoms with Crippen molar-refractivity contribution >= 4 is 21.4 Å². The van der Waals surface area contributed by atoms with Gasteiger partial charge in [0, 0.05) is 60.5 Å². The Bertz CT molecular complexity index is 1540. The Morgan fingerprint density at radius 3 is 2.59 bits per heavy atom. The van der Waals surface area contributed by atoms with Crippen LogP contribution in [0.4, 0.5) is 16.0 Å². The largest absolute Gasteiger partial charge is 0.489 e. The number of hydrogen-bond acceptors (Lipinski definition) is 8. The van der Waals surface area contributed by atoms with Crippen molar-refractivity contribution in [2.24, 2.45) is 0 Å². The number of fused-ring (bicyclic) bond motifs is 1. The standard InChI is InChI=1S/C29H29FN4O4S/c1-39(35,36)15-13-31-17-26-10-11-29(38-26)34-14-12-22-16-32-18-28(27(22)19-34)33-24-6-8-25(9-7-24)37-20-21-2-4-23(30)5-3-21/h2-12,14,16,18-19,31-33H,13,15,17,20H2,1H3. The Morgan fingerprint density at radius 1 is 1.03 bits per heavy atom. The highest BCUT2D eigenvalue weighted by atomic mass is 32.2. The lowest BCUT2D eigenvalue weighted by atomic mass is 10.0. The molecule has 10 heteroatoms. The minimum atomic E-state index is -3.00. The van der Waals surface area contributed by atoms with Crippen molar-refractivity contribution in [1.82, 2.24) is 10.6 Å². The number of hydrogen-bond donors (Lipinski definition) is 3. The number of ether oxygens (including phenoxy) is 1. The molecule has 2 aromatic carbocycles. The molecule has 3 heterocycles. The van der Waals surface area contributed by atoms with Crippen molar-refractivity contribution in [1.29, 1.82) is 0 Å². The number of nitrogens with zero attached hydrogens (tertiary/aromatic N) is 1. The van der Waals surface area contributed by atoms with E-state index in [1.807, 2.05) is 72.2 Å². The summed E-state index contributed by atoms with van der Waals surface area (Å²) in [6.07, 6.45) is 11.0. The fourth-order valence-electron chi connectivity index (χ4n) is 4.00. The van der Waals surface area contributed by atoms with E-state index in [9.17, 15) is 12.8 Å². The third-order valence-corrected chi connectivity index (χ3v) is 7.00. The second kappa shape index (κ2) is 11.6. The molecule has 0 aliphatic carbocycles. The summed E-state index contributed by atoms with van der Waals surface area (Å²) < 4.78 is 47.5. The van der Waals surface area contributed by atoms with Gasteiger partial charge in [-0.05, 0) is 54.1 Å². The van der Waals surface area contributed by atoms with Gasteiger partial charge in [-0.2, -0.15) is 0 Å². The van der Waals surface area contributed by atoms with E-state index in [0.717, 1.165) is 28.1 Å². The van der Waals surface area contributed by atoms with Crippen molar-refractivity contribution in [2.45, 2.75) is 13.2 Å². The van der Waals surface area contributed by atoms with Crippen molar-refractivity contribution < 1.29 is 22.0 Å². The third-order valence-electron chi connectivity index (χ3n) is 6.05. The molecule has 3 aromatic rings. The van der Waals surface area contributed by atoms with Crippen LogP contribution in [0.3, 0.4) is 0 Å². The molecule has 0 saturated heterocycles. The van der Waals surface area contributed by atoms with Gasteiger partial charge in [-0.25, -0.2) is 12.8 Å². The monoisotopic (exact) mass is 548 g/mol. The van der Waals surface area contributed by atoms with Crippen molar-refractivity contribution in [3.63, 3.8) is 0 Å². The molecule has 2 aliphatic heterocycles. The van der Waals surface area contributed by atoms with Crippen LogP contribution < -0.4 is 25.6 Å². The Hall–Kier alpha value is -4.28. The highest BCUT2D eigenvalue weighted by Crippen LogP contribution is 2.31. The maximum absolute atomic E-state index is 13.1. The number of sulfone groups is 1. The fraction of sp³-hybridized carbons (Fsp3) is 0.172. The quantitative estimate of drug-likeness (QED) is 0.295. The fourth-order valence-corrected chi connectivity index (χ4v) is 4.51. The highest BCUT2D eigenvalue weighted by Gasteiger charge is 2.20. The molecule has 0 amide bonds. The molecular formula is C29H29FN4O4S. The Balaban J connectivity index is 1.20. The molecule has 8 nitrogen and oxygen atoms in total. The second-order valence-corrected chi connectivity index (χ2v) is 11.5. The van der Waals surface area contributed by atoms with Gasteiger partial charge < -0.3 is 25.1 Å². The van der Waals surface area contributed by atoms with Crippen LogP contribution >= 0.6 is 0 Å². The van der Waals surface area contributed by atoms with E-state index in [1.54, 1.807) is 12.1 Å². The maximum atomic E-state index is 13.1. The number of benzene rings is 2. The molecule has 0 saturated carbocycles. The molecule has 0 bridgehead atoms. The summed E-state index contributed by atoms with van der Waals surface area (Å²) in [4.78, 5) is 1.90. The Labute approximate surface area is 227 Å². The molecule has 0 unspecified atom stereocenters. The van der Waals surface area contributed by atoms with Crippen LogP contribution in [0.25, 0.3) is 0 Å². The predicted molar refractivity (Wildman–Crippen MR) is 150 cm³/mol. The smallest absolute Gasteiger partial charge is 0.203 e. The van der Waals surface area contributed by atoms with Crippen LogP contribution in [-0.4, -0.2) is 27.0 Å². The lowest BCUT2D eigenvalue weighted by molar-refractivity contribution is 0.306. The summed E-state index contributed by atoms with van der Waals surface area (Å²) in [6, 6.07) is 17.6. The second-order valence-electron chi connectivity index (χ2n) is 9.20. The van der Waals surface area contributed by atoms with E-state index >= 15 is 0 Å². The van der Waals surface area contributed by atoms with Gasteiger partial charge in [0.05, 0.1) is 18.0 Å². The van der Waals surface area contributed by atoms with Gasteiger partial charge in [0.25, 0.3) is 0 Å². The zero-order valence-electron chi connectivity index (χ0n) is 21.4. The zero-order chi connectivity index (χ0) is 27.2. The van der Waals surface area contributed by atoms with E-state index in [-0.39, 0.29) is 11.6 Å². The van der Waals surface area contributed by atoms with Crippen LogP contribution in [-0.2, 0) is 23.0 Å². The SMILES string of the molecule is CS(=O)(=O)CCNCc1ccc(N2C=CC3=CNC=C(Nc4ccc(OCc5ccc(F)cc5)cc4)C3=C2)o1. The third kappa shape index (κ3) is 7.18. The van der Waals surface area contributed by atoms with Gasteiger partial charge in [0.15, 0.2) is 0 Å². The van der Waals surface area contributed by atoms with Gasteiger partial charge >= 0.3 is 0 Å². The molecule has 0 radical (unpaired) electrons. The molecule has 2 aliphatic rings. The minimum Gasteiger partial charge on any atom is -0.489 e. The predicted octanol–water partition coefficient (Wildman–Crippen LogP) is 4.79. The molecule has 3 N–H and O–H groups in total. The van der Waals surface area contributed by atoms with E-state index in [2.05, 4.69) is 16.0 Å². The van der Waals surface area contributed by atoms with Crippen molar-refractivity contribution in [3.05, 3.63) is 126 Å². The van der Waals surface area contributed by atoms with Gasteiger partial charge in [-0.1, -0.05) is 12.1 Å². The zero-order valence-corrected chi connectivity index (χ0v) is 22.2. The lowest BCUT2D eigenvalue weighted by Gasteiger charge is -2.26. The normalized spacial score (nSPS) is 14.6. The van der Waals surface area contributed by atoms with Crippen LogP contribution in [0, 0.1) is 5.82 Å². The van der Waals surface area contributed by atoms with Crippen LogP contribution in [0.2, 0.25) is 0 Å². The first-order chi connectivity index (χ1) is 18.8. The lowest BCUT2D eigenvalue weighted by Crippen LogP contribution is -2.21. The van der Waals surface area contributed by atoms with E-state index in [4.69, 9.17) is 9.15 Å². The highest BCUT2D eigenvalue weighted by molar-refractivity contribution is 7.90. The summed E-state index contributed by atoms with van der Waals surface area (Å²) in [6.45, 7) is 1.16. The molecule has 39 heavy (non-hydrogen) atoms. The summed E-state index contributed by atoms with van der Waals surface area (Å²) in [5.74, 6) is 1.89. The molecule has 0 fully saturated rings. The summed E-state index contributed by atoms with van der Waals surface area (Å²) in [5, 5.41) is 9.73. The molecule has 0 spiro atoms. The van der Waals surface area contributed by atoms with Crippen LogP contribution in [0.1, 0.15) is 11.3 Å². The summed E-state index contributed by atoms with van der Waals surface area (Å²) in [7, 11) is -3.00. The maximum Gasteiger partial charge on any atom is 0.203 e.